The van der Waals surface area contributed by atoms with E-state index >= 15 is 0 Å². The summed E-state index contributed by atoms with van der Waals surface area (Å²) in [5, 5.41) is 12.9. The van der Waals surface area contributed by atoms with Crippen LogP contribution in [0.1, 0.15) is 49.3 Å². The van der Waals surface area contributed by atoms with Gasteiger partial charge in [-0.25, -0.2) is 0 Å². The number of halogens is 2. The smallest absolute Gasteiger partial charge is 0.228 e. The third-order valence-electron chi connectivity index (χ3n) is 8.65. The highest BCUT2D eigenvalue weighted by Gasteiger charge is 2.51. The van der Waals surface area contributed by atoms with Gasteiger partial charge in [0, 0.05) is 47.5 Å². The molecule has 1 amide bonds. The van der Waals surface area contributed by atoms with Crippen LogP contribution in [-0.2, 0) is 23.2 Å². The molecule has 8 rings (SSSR count). The van der Waals surface area contributed by atoms with Gasteiger partial charge in [-0.1, -0.05) is 46.6 Å². The standard InChI is InChI=1S/C31H30Cl2N4O3/c1-37-15-21(14-34-37)18-4-2-5-22(11-18)35-31(38)27-19-10-20(27)13-23(12-19)39-16-24-29(36-40-30(24)17-8-9-17)28-25(32)6-3-7-26(28)33/h2-7,11,14-15,17,19-20,23,27H,8-10,12-13,16H2,1H3,(H,35,38). The second-order valence-corrected chi connectivity index (χ2v) is 12.2. The largest absolute Gasteiger partial charge is 0.373 e. The van der Waals surface area contributed by atoms with Crippen molar-refractivity contribution in [2.45, 2.75) is 50.7 Å². The first-order valence-corrected chi connectivity index (χ1v) is 14.6. The number of nitrogens with one attached hydrogen (secondary N) is 1. The molecule has 0 aliphatic heterocycles. The van der Waals surface area contributed by atoms with Crippen LogP contribution in [0.5, 0.6) is 0 Å². The van der Waals surface area contributed by atoms with Gasteiger partial charge in [-0.15, -0.1) is 0 Å². The number of aryl methyl sites for hydroxylation is 1. The third kappa shape index (κ3) is 4.84. The molecule has 2 atom stereocenters. The summed E-state index contributed by atoms with van der Waals surface area (Å²) in [6, 6.07) is 13.4. The molecule has 4 fully saturated rings. The molecule has 4 saturated carbocycles. The molecule has 2 bridgehead atoms. The predicted octanol–water partition coefficient (Wildman–Crippen LogP) is 7.50. The average Bonchev–Trinajstić information content (AvgIpc) is 3.55. The van der Waals surface area contributed by atoms with Crippen molar-refractivity contribution in [3.05, 3.63) is 76.2 Å². The number of carbonyl (C=O) groups excluding carboxylic acids is 1. The number of aromatic nitrogens is 3. The summed E-state index contributed by atoms with van der Waals surface area (Å²) < 4.78 is 14.0. The van der Waals surface area contributed by atoms with Gasteiger partial charge in [0.25, 0.3) is 0 Å². The van der Waals surface area contributed by atoms with E-state index in [1.807, 2.05) is 61.9 Å². The predicted molar refractivity (Wildman–Crippen MR) is 154 cm³/mol. The topological polar surface area (TPSA) is 82.2 Å². The molecule has 0 saturated heterocycles. The third-order valence-corrected chi connectivity index (χ3v) is 9.28. The van der Waals surface area contributed by atoms with Crippen molar-refractivity contribution in [2.24, 2.45) is 24.8 Å². The van der Waals surface area contributed by atoms with E-state index in [9.17, 15) is 4.79 Å². The van der Waals surface area contributed by atoms with E-state index in [1.54, 1.807) is 4.68 Å². The molecule has 206 valence electrons. The zero-order valence-electron chi connectivity index (χ0n) is 22.1. The monoisotopic (exact) mass is 576 g/mol. The van der Waals surface area contributed by atoms with E-state index in [0.29, 0.717) is 45.7 Å². The molecule has 2 aromatic heterocycles. The minimum absolute atomic E-state index is 0.0250. The van der Waals surface area contributed by atoms with Gasteiger partial charge < -0.3 is 14.6 Å². The first-order chi connectivity index (χ1) is 19.4. The molecule has 9 heteroatoms. The number of hydrogen-bond donors (Lipinski definition) is 1. The molecule has 4 aliphatic carbocycles. The second kappa shape index (κ2) is 10.4. The van der Waals surface area contributed by atoms with Crippen molar-refractivity contribution >= 4 is 34.8 Å². The number of rotatable bonds is 8. The Hall–Kier alpha value is -3.13. The van der Waals surface area contributed by atoms with Gasteiger partial charge in [0.2, 0.25) is 5.91 Å². The summed E-state index contributed by atoms with van der Waals surface area (Å²) >= 11 is 13.0. The lowest BCUT2D eigenvalue weighted by atomic mass is 9.56. The SMILES string of the molecule is Cn1cc(-c2cccc(NC(=O)C3C4CC(OCc5c(-c6c(Cl)cccc6Cl)noc5C5CC5)CC3C4)c2)cn1. The summed E-state index contributed by atoms with van der Waals surface area (Å²) in [5.41, 5.74) is 5.18. The summed E-state index contributed by atoms with van der Waals surface area (Å²) in [5.74, 6) is 2.05. The minimum atomic E-state index is 0.0250. The van der Waals surface area contributed by atoms with Crippen LogP contribution >= 0.6 is 23.2 Å². The number of fused-ring (bicyclic) bond motifs is 2. The Labute approximate surface area is 242 Å². The fourth-order valence-corrected chi connectivity index (χ4v) is 7.09. The average molecular weight is 578 g/mol. The molecule has 0 spiro atoms. The summed E-state index contributed by atoms with van der Waals surface area (Å²) in [7, 11) is 1.90. The first kappa shape index (κ1) is 25.8. The zero-order chi connectivity index (χ0) is 27.4. The molecule has 0 radical (unpaired) electrons. The molecular weight excluding hydrogens is 547 g/mol. The van der Waals surface area contributed by atoms with Crippen LogP contribution < -0.4 is 5.32 Å². The molecule has 2 heterocycles. The Kier molecular flexibility index (Phi) is 6.69. The molecule has 40 heavy (non-hydrogen) atoms. The number of hydrogen-bond acceptors (Lipinski definition) is 5. The zero-order valence-corrected chi connectivity index (χ0v) is 23.7. The summed E-state index contributed by atoms with van der Waals surface area (Å²) in [4.78, 5) is 13.3. The second-order valence-electron chi connectivity index (χ2n) is 11.4. The first-order valence-electron chi connectivity index (χ1n) is 13.9. The maximum atomic E-state index is 13.3. The Balaban J connectivity index is 1.01. The van der Waals surface area contributed by atoms with E-state index < -0.39 is 0 Å². The van der Waals surface area contributed by atoms with Crippen LogP contribution in [0.15, 0.2) is 59.4 Å². The maximum absolute atomic E-state index is 13.3. The quantitative estimate of drug-likeness (QED) is 0.235. The molecule has 4 aromatic rings. The van der Waals surface area contributed by atoms with Crippen LogP contribution in [0, 0.1) is 17.8 Å². The number of amides is 1. The van der Waals surface area contributed by atoms with Crippen LogP contribution in [0.2, 0.25) is 10.0 Å². The van der Waals surface area contributed by atoms with Crippen LogP contribution in [0.3, 0.4) is 0 Å². The maximum Gasteiger partial charge on any atom is 0.228 e. The Morgan fingerprint density at radius 2 is 1.82 bits per heavy atom. The number of benzene rings is 2. The Bertz CT molecular complexity index is 1540. The van der Waals surface area contributed by atoms with E-state index in [-0.39, 0.29) is 17.9 Å². The highest BCUT2D eigenvalue weighted by molar-refractivity contribution is 6.39. The minimum Gasteiger partial charge on any atom is -0.373 e. The van der Waals surface area contributed by atoms with E-state index in [1.165, 1.54) is 0 Å². The number of ether oxygens (including phenoxy) is 1. The van der Waals surface area contributed by atoms with Gasteiger partial charge in [0.1, 0.15) is 11.5 Å². The Morgan fingerprint density at radius 1 is 1.07 bits per heavy atom. The van der Waals surface area contributed by atoms with Gasteiger partial charge in [0.15, 0.2) is 0 Å². The highest BCUT2D eigenvalue weighted by Crippen LogP contribution is 2.52. The van der Waals surface area contributed by atoms with E-state index in [0.717, 1.165) is 60.2 Å². The fourth-order valence-electron chi connectivity index (χ4n) is 6.51. The molecule has 2 unspecified atom stereocenters. The molecule has 7 nitrogen and oxygen atoms in total. The van der Waals surface area contributed by atoms with Gasteiger partial charge in [0.05, 0.1) is 29.0 Å². The van der Waals surface area contributed by atoms with Crippen LogP contribution in [-0.4, -0.2) is 26.9 Å². The summed E-state index contributed by atoms with van der Waals surface area (Å²) in [6.07, 6.45) is 8.90. The van der Waals surface area contributed by atoms with Crippen molar-refractivity contribution in [2.75, 3.05) is 5.32 Å². The molecule has 1 N–H and O–H groups in total. The van der Waals surface area contributed by atoms with E-state index in [2.05, 4.69) is 15.6 Å². The lowest BCUT2D eigenvalue weighted by Gasteiger charge is -2.51. The number of carbonyl (C=O) groups is 1. The molecular formula is C31H30Cl2N4O3. The Morgan fingerprint density at radius 3 is 2.52 bits per heavy atom. The van der Waals surface area contributed by atoms with Gasteiger partial charge >= 0.3 is 0 Å². The highest BCUT2D eigenvalue weighted by atomic mass is 35.5. The van der Waals surface area contributed by atoms with Crippen LogP contribution in [0.4, 0.5) is 5.69 Å². The van der Waals surface area contributed by atoms with Crippen LogP contribution in [0.25, 0.3) is 22.4 Å². The van der Waals surface area contributed by atoms with Crippen molar-refractivity contribution in [3.8, 4) is 22.4 Å². The van der Waals surface area contributed by atoms with Crippen molar-refractivity contribution in [1.29, 1.82) is 0 Å². The van der Waals surface area contributed by atoms with E-state index in [4.69, 9.17) is 32.5 Å². The lowest BCUT2D eigenvalue weighted by Crippen LogP contribution is -2.51. The fraction of sp³-hybridized carbons (Fsp3) is 0.387. The van der Waals surface area contributed by atoms with Gasteiger partial charge in [-0.05, 0) is 73.8 Å². The summed E-state index contributed by atoms with van der Waals surface area (Å²) in [6.45, 7) is 0.397. The molecule has 4 aliphatic rings. The van der Waals surface area contributed by atoms with Gasteiger partial charge in [-0.2, -0.15) is 5.10 Å². The number of nitrogens with zero attached hydrogens (tertiary/aromatic N) is 3. The van der Waals surface area contributed by atoms with Gasteiger partial charge in [-0.3, -0.25) is 9.48 Å². The normalized spacial score (nSPS) is 23.6. The van der Waals surface area contributed by atoms with Crippen molar-refractivity contribution in [1.82, 2.24) is 14.9 Å². The van der Waals surface area contributed by atoms with Crippen molar-refractivity contribution < 1.29 is 14.1 Å². The lowest BCUT2D eigenvalue weighted by molar-refractivity contribution is -0.142. The molecule has 2 aromatic carbocycles. The van der Waals surface area contributed by atoms with Crippen molar-refractivity contribution in [3.63, 3.8) is 0 Å². The number of anilines is 1.